The number of aromatic nitrogens is 2. The van der Waals surface area contributed by atoms with Crippen LogP contribution in [0, 0.1) is 6.92 Å². The number of hydrogen-bond acceptors (Lipinski definition) is 3. The molecule has 2 heterocycles. The lowest BCUT2D eigenvalue weighted by atomic mass is 10.2. The molecule has 82 valence electrons. The summed E-state index contributed by atoms with van der Waals surface area (Å²) in [6.07, 6.45) is 3.63. The van der Waals surface area contributed by atoms with E-state index in [1.807, 2.05) is 31.3 Å². The van der Waals surface area contributed by atoms with E-state index >= 15 is 0 Å². The van der Waals surface area contributed by atoms with Crippen LogP contribution in [-0.2, 0) is 6.54 Å². The van der Waals surface area contributed by atoms with Crippen LogP contribution in [0.25, 0.3) is 0 Å². The van der Waals surface area contributed by atoms with E-state index in [-0.39, 0.29) is 0 Å². The molecule has 0 fully saturated rings. The summed E-state index contributed by atoms with van der Waals surface area (Å²) in [6.45, 7) is 2.73. The maximum atomic E-state index is 4.25. The molecule has 2 aromatic rings. The second-order valence-electron chi connectivity index (χ2n) is 3.50. The largest absolute Gasteiger partial charge is 0.379 e. The molecule has 0 saturated heterocycles. The van der Waals surface area contributed by atoms with Gasteiger partial charge in [0.2, 0.25) is 0 Å². The first-order chi connectivity index (χ1) is 7.75. The maximum Gasteiger partial charge on any atom is 0.129 e. The topological polar surface area (TPSA) is 37.8 Å². The van der Waals surface area contributed by atoms with Gasteiger partial charge in [-0.05, 0) is 46.6 Å². The van der Waals surface area contributed by atoms with Crippen molar-refractivity contribution in [2.24, 2.45) is 0 Å². The number of rotatable bonds is 3. The molecular formula is C12H12BrN3. The molecule has 2 rings (SSSR count). The van der Waals surface area contributed by atoms with Crippen molar-refractivity contribution in [3.63, 3.8) is 0 Å². The van der Waals surface area contributed by atoms with E-state index < -0.39 is 0 Å². The number of anilines is 1. The zero-order chi connectivity index (χ0) is 11.4. The van der Waals surface area contributed by atoms with Gasteiger partial charge in [0.05, 0.1) is 5.69 Å². The highest BCUT2D eigenvalue weighted by atomic mass is 79.9. The average Bonchev–Trinajstić information content (AvgIpc) is 2.30. The fraction of sp³-hybridized carbons (Fsp3) is 0.167. The summed E-state index contributed by atoms with van der Waals surface area (Å²) in [4.78, 5) is 8.39. The number of halogens is 1. The van der Waals surface area contributed by atoms with E-state index in [0.717, 1.165) is 28.1 Å². The Bertz CT molecular complexity index is 468. The lowest BCUT2D eigenvalue weighted by molar-refractivity contribution is 1.08. The highest BCUT2D eigenvalue weighted by Crippen LogP contribution is 2.18. The minimum absolute atomic E-state index is 0.748. The highest BCUT2D eigenvalue weighted by molar-refractivity contribution is 9.10. The van der Waals surface area contributed by atoms with Crippen molar-refractivity contribution >= 4 is 21.6 Å². The van der Waals surface area contributed by atoms with Crippen molar-refractivity contribution in [1.82, 2.24) is 9.97 Å². The molecule has 0 spiro atoms. The molecule has 1 N–H and O–H groups in total. The molecule has 0 amide bonds. The first-order valence-electron chi connectivity index (χ1n) is 5.01. The summed E-state index contributed by atoms with van der Waals surface area (Å²) in [6, 6.07) is 7.97. The summed E-state index contributed by atoms with van der Waals surface area (Å²) < 4.78 is 0.829. The monoisotopic (exact) mass is 277 g/mol. The van der Waals surface area contributed by atoms with Crippen molar-refractivity contribution < 1.29 is 0 Å². The molecule has 0 aliphatic heterocycles. The zero-order valence-corrected chi connectivity index (χ0v) is 10.5. The first-order valence-corrected chi connectivity index (χ1v) is 5.81. The first kappa shape index (κ1) is 11.1. The molecule has 2 aromatic heterocycles. The summed E-state index contributed by atoms with van der Waals surface area (Å²) >= 11 is 3.39. The van der Waals surface area contributed by atoms with Gasteiger partial charge >= 0.3 is 0 Å². The van der Waals surface area contributed by atoms with Crippen LogP contribution in [0.1, 0.15) is 11.3 Å². The molecule has 0 aliphatic carbocycles. The third-order valence-electron chi connectivity index (χ3n) is 2.21. The number of nitrogens with zero attached hydrogens (tertiary/aromatic N) is 2. The normalized spacial score (nSPS) is 10.1. The molecule has 0 unspecified atom stereocenters. The maximum absolute atomic E-state index is 4.25. The van der Waals surface area contributed by atoms with Gasteiger partial charge in [0.25, 0.3) is 0 Å². The second-order valence-corrected chi connectivity index (χ2v) is 4.25. The summed E-state index contributed by atoms with van der Waals surface area (Å²) in [5.41, 5.74) is 3.18. The Morgan fingerprint density at radius 2 is 2.12 bits per heavy atom. The second kappa shape index (κ2) is 5.07. The van der Waals surface area contributed by atoms with Crippen LogP contribution in [0.2, 0.25) is 0 Å². The standard InChI is InChI=1S/C12H12BrN3/c1-9-4-5-10(7-15-9)8-16-11-3-2-6-14-12(11)13/h2-7,16H,8H2,1H3. The number of hydrogen-bond donors (Lipinski definition) is 1. The highest BCUT2D eigenvalue weighted by Gasteiger charge is 1.99. The lowest BCUT2D eigenvalue weighted by Gasteiger charge is -2.07. The third-order valence-corrected chi connectivity index (χ3v) is 2.85. The molecule has 3 nitrogen and oxygen atoms in total. The third kappa shape index (κ3) is 2.79. The minimum atomic E-state index is 0.748. The van der Waals surface area contributed by atoms with E-state index in [9.17, 15) is 0 Å². The Kier molecular flexibility index (Phi) is 3.51. The molecule has 16 heavy (non-hydrogen) atoms. The average molecular weight is 278 g/mol. The predicted octanol–water partition coefficient (Wildman–Crippen LogP) is 3.16. The van der Waals surface area contributed by atoms with Crippen molar-refractivity contribution in [3.05, 3.63) is 52.5 Å². The molecule has 0 aromatic carbocycles. The Morgan fingerprint density at radius 3 is 2.81 bits per heavy atom. The van der Waals surface area contributed by atoms with Gasteiger partial charge in [0, 0.05) is 24.6 Å². The number of pyridine rings is 2. The summed E-state index contributed by atoms with van der Waals surface area (Å²) in [5, 5.41) is 3.30. The minimum Gasteiger partial charge on any atom is -0.379 e. The van der Waals surface area contributed by atoms with Gasteiger partial charge in [-0.3, -0.25) is 4.98 Å². The van der Waals surface area contributed by atoms with E-state index in [0.29, 0.717) is 0 Å². The Morgan fingerprint density at radius 1 is 1.25 bits per heavy atom. The van der Waals surface area contributed by atoms with E-state index in [1.165, 1.54) is 0 Å². The van der Waals surface area contributed by atoms with Crippen molar-refractivity contribution in [3.8, 4) is 0 Å². The Hall–Kier alpha value is -1.42. The Labute approximate surface area is 103 Å². The van der Waals surface area contributed by atoms with Gasteiger partial charge in [-0.25, -0.2) is 4.98 Å². The smallest absolute Gasteiger partial charge is 0.129 e. The fourth-order valence-corrected chi connectivity index (χ4v) is 1.71. The van der Waals surface area contributed by atoms with Gasteiger partial charge < -0.3 is 5.32 Å². The van der Waals surface area contributed by atoms with Crippen LogP contribution in [0.4, 0.5) is 5.69 Å². The summed E-state index contributed by atoms with van der Waals surface area (Å²) in [5.74, 6) is 0. The zero-order valence-electron chi connectivity index (χ0n) is 8.94. The van der Waals surface area contributed by atoms with Gasteiger partial charge in [0.1, 0.15) is 4.60 Å². The molecule has 0 bridgehead atoms. The van der Waals surface area contributed by atoms with Crippen LogP contribution in [-0.4, -0.2) is 9.97 Å². The fourth-order valence-electron chi connectivity index (χ4n) is 1.32. The van der Waals surface area contributed by atoms with E-state index in [4.69, 9.17) is 0 Å². The van der Waals surface area contributed by atoms with Crippen molar-refractivity contribution in [2.75, 3.05) is 5.32 Å². The van der Waals surface area contributed by atoms with Gasteiger partial charge in [-0.15, -0.1) is 0 Å². The SMILES string of the molecule is Cc1ccc(CNc2cccnc2Br)cn1. The lowest BCUT2D eigenvalue weighted by Crippen LogP contribution is -2.01. The van der Waals surface area contributed by atoms with Crippen molar-refractivity contribution in [2.45, 2.75) is 13.5 Å². The number of aryl methyl sites for hydroxylation is 1. The van der Waals surface area contributed by atoms with Crippen LogP contribution < -0.4 is 5.32 Å². The van der Waals surface area contributed by atoms with Gasteiger partial charge in [0.15, 0.2) is 0 Å². The molecule has 4 heteroatoms. The van der Waals surface area contributed by atoms with E-state index in [1.54, 1.807) is 6.20 Å². The van der Waals surface area contributed by atoms with Crippen LogP contribution in [0.15, 0.2) is 41.3 Å². The molecular weight excluding hydrogens is 266 g/mol. The molecule has 0 radical (unpaired) electrons. The van der Waals surface area contributed by atoms with Gasteiger partial charge in [-0.1, -0.05) is 6.07 Å². The summed E-state index contributed by atoms with van der Waals surface area (Å²) in [7, 11) is 0. The van der Waals surface area contributed by atoms with Crippen LogP contribution in [0.5, 0.6) is 0 Å². The van der Waals surface area contributed by atoms with Gasteiger partial charge in [-0.2, -0.15) is 0 Å². The van der Waals surface area contributed by atoms with Crippen LogP contribution >= 0.6 is 15.9 Å². The molecule has 0 atom stereocenters. The van der Waals surface area contributed by atoms with Crippen LogP contribution in [0.3, 0.4) is 0 Å². The molecule has 0 aliphatic rings. The van der Waals surface area contributed by atoms with E-state index in [2.05, 4.69) is 37.3 Å². The Balaban J connectivity index is 2.02. The quantitative estimate of drug-likeness (QED) is 0.876. The molecule has 0 saturated carbocycles. The number of nitrogens with one attached hydrogen (secondary N) is 1. The van der Waals surface area contributed by atoms with Crippen molar-refractivity contribution in [1.29, 1.82) is 0 Å². The predicted molar refractivity (Wildman–Crippen MR) is 68.2 cm³/mol.